The Morgan fingerprint density at radius 2 is 1.66 bits per heavy atom. The second kappa shape index (κ2) is 17.6. The molecule has 2 aromatic rings. The van der Waals surface area contributed by atoms with E-state index in [2.05, 4.69) is 5.32 Å². The summed E-state index contributed by atoms with van der Waals surface area (Å²) in [6.45, 7) is 3.75. The predicted octanol–water partition coefficient (Wildman–Crippen LogP) is 5.04. The lowest BCUT2D eigenvalue weighted by atomic mass is 10.1. The lowest BCUT2D eigenvalue weighted by Crippen LogP contribution is -2.22. The highest BCUT2D eigenvalue weighted by Crippen LogP contribution is 2.30. The van der Waals surface area contributed by atoms with Crippen LogP contribution in [0, 0.1) is 0 Å². The Morgan fingerprint density at radius 3 is 2.34 bits per heavy atom. The Labute approximate surface area is 245 Å². The molecule has 0 bridgehead atoms. The first-order valence-electron chi connectivity index (χ1n) is 15.0. The van der Waals surface area contributed by atoms with E-state index in [0.29, 0.717) is 28.3 Å². The topological polar surface area (TPSA) is 122 Å². The van der Waals surface area contributed by atoms with Crippen LogP contribution in [0.4, 0.5) is 0 Å². The van der Waals surface area contributed by atoms with Crippen LogP contribution >= 0.6 is 0 Å². The van der Waals surface area contributed by atoms with Crippen molar-refractivity contribution in [2.45, 2.75) is 100 Å². The van der Waals surface area contributed by atoms with Crippen molar-refractivity contribution in [3.05, 3.63) is 59.2 Å². The molecule has 228 valence electrons. The first-order chi connectivity index (χ1) is 19.8. The quantitative estimate of drug-likeness (QED) is 0.118. The summed E-state index contributed by atoms with van der Waals surface area (Å²) in [7, 11) is -3.18. The average Bonchev–Trinajstić information content (AvgIpc) is 3.52. The SMILES string of the molecule is CC(=O)Oc1ccc(C(O)CNCCCCCCOCCCCc2ccc(S(=O)(=O)C3CCCC3)cc2)cc1CO. The summed E-state index contributed by atoms with van der Waals surface area (Å²) in [5, 5.41) is 23.0. The number of unbranched alkanes of at least 4 members (excludes halogenated alkanes) is 4. The van der Waals surface area contributed by atoms with Crippen LogP contribution < -0.4 is 10.1 Å². The van der Waals surface area contributed by atoms with Crippen molar-refractivity contribution in [3.63, 3.8) is 0 Å². The van der Waals surface area contributed by atoms with Crippen molar-refractivity contribution in [3.8, 4) is 5.75 Å². The fraction of sp³-hybridized carbons (Fsp3) is 0.594. The van der Waals surface area contributed by atoms with Gasteiger partial charge in [-0.05, 0) is 86.9 Å². The lowest BCUT2D eigenvalue weighted by molar-refractivity contribution is -0.131. The molecule has 0 aromatic heterocycles. The molecule has 41 heavy (non-hydrogen) atoms. The molecule has 0 aliphatic heterocycles. The van der Waals surface area contributed by atoms with Gasteiger partial charge in [0.2, 0.25) is 0 Å². The Balaban J connectivity index is 1.16. The van der Waals surface area contributed by atoms with Gasteiger partial charge in [0.05, 0.1) is 22.9 Å². The highest BCUT2D eigenvalue weighted by molar-refractivity contribution is 7.92. The first kappa shape index (κ1) is 33.2. The van der Waals surface area contributed by atoms with E-state index in [1.807, 2.05) is 12.1 Å². The number of ether oxygens (including phenoxy) is 2. The summed E-state index contributed by atoms with van der Waals surface area (Å²) in [4.78, 5) is 11.6. The molecule has 1 fully saturated rings. The van der Waals surface area contributed by atoms with E-state index in [4.69, 9.17) is 9.47 Å². The van der Waals surface area contributed by atoms with Crippen molar-refractivity contribution < 1.29 is 32.9 Å². The van der Waals surface area contributed by atoms with Gasteiger partial charge < -0.3 is 25.0 Å². The van der Waals surface area contributed by atoms with Crippen LogP contribution in [0.5, 0.6) is 5.75 Å². The largest absolute Gasteiger partial charge is 0.426 e. The smallest absolute Gasteiger partial charge is 0.308 e. The number of aliphatic hydroxyl groups is 2. The Bertz CT molecular complexity index is 1160. The third-order valence-electron chi connectivity index (χ3n) is 7.62. The van der Waals surface area contributed by atoms with E-state index in [1.165, 1.54) is 12.5 Å². The van der Waals surface area contributed by atoms with E-state index in [0.717, 1.165) is 90.4 Å². The van der Waals surface area contributed by atoms with Crippen LogP contribution in [0.25, 0.3) is 0 Å². The molecule has 8 nitrogen and oxygen atoms in total. The third-order valence-corrected chi connectivity index (χ3v) is 9.90. The van der Waals surface area contributed by atoms with Crippen LogP contribution in [0.3, 0.4) is 0 Å². The number of esters is 1. The molecular formula is C32H47NO7S. The van der Waals surface area contributed by atoms with Crippen LogP contribution in [0.15, 0.2) is 47.4 Å². The van der Waals surface area contributed by atoms with E-state index in [1.54, 1.807) is 30.3 Å². The highest BCUT2D eigenvalue weighted by Gasteiger charge is 2.30. The van der Waals surface area contributed by atoms with Crippen LogP contribution in [0.1, 0.15) is 93.9 Å². The van der Waals surface area contributed by atoms with Gasteiger partial charge >= 0.3 is 5.97 Å². The summed E-state index contributed by atoms with van der Waals surface area (Å²) < 4.78 is 36.2. The predicted molar refractivity (Wildman–Crippen MR) is 160 cm³/mol. The van der Waals surface area contributed by atoms with Gasteiger partial charge in [0.1, 0.15) is 5.75 Å². The van der Waals surface area contributed by atoms with Crippen LogP contribution in [0.2, 0.25) is 0 Å². The maximum absolute atomic E-state index is 12.7. The van der Waals surface area contributed by atoms with Gasteiger partial charge in [-0.15, -0.1) is 0 Å². The molecule has 9 heteroatoms. The molecule has 0 amide bonds. The van der Waals surface area contributed by atoms with Crippen LogP contribution in [-0.2, 0) is 32.4 Å². The molecule has 3 N–H and O–H groups in total. The minimum absolute atomic E-state index is 0.199. The van der Waals surface area contributed by atoms with E-state index < -0.39 is 21.9 Å². The summed E-state index contributed by atoms with van der Waals surface area (Å²) in [6.07, 6.45) is 10.1. The monoisotopic (exact) mass is 589 g/mol. The molecule has 3 rings (SSSR count). The van der Waals surface area contributed by atoms with Gasteiger partial charge in [0, 0.05) is 32.2 Å². The van der Waals surface area contributed by atoms with Gasteiger partial charge in [0.15, 0.2) is 9.84 Å². The number of rotatable bonds is 19. The number of carbonyl (C=O) groups is 1. The van der Waals surface area contributed by atoms with Crippen molar-refractivity contribution in [2.75, 3.05) is 26.3 Å². The van der Waals surface area contributed by atoms with Gasteiger partial charge in [-0.1, -0.05) is 43.9 Å². The molecule has 0 radical (unpaired) electrons. The number of hydrogen-bond acceptors (Lipinski definition) is 8. The fourth-order valence-electron chi connectivity index (χ4n) is 5.22. The molecule has 1 aliphatic carbocycles. The molecule has 2 aromatic carbocycles. The second-order valence-electron chi connectivity index (χ2n) is 10.9. The standard InChI is InChI=1S/C32H47NO7S/c1-25(35)40-32-18-15-27(22-28(32)24-34)31(36)23-33-19-7-2-3-8-20-39-21-9-6-10-26-13-16-30(17-14-26)41(37,38)29-11-4-5-12-29/h13-18,22,29,31,33-34,36H,2-12,19-21,23-24H2,1H3. The van der Waals surface area contributed by atoms with Gasteiger partial charge in [-0.2, -0.15) is 0 Å². The molecule has 1 atom stereocenters. The zero-order chi connectivity index (χ0) is 29.5. The number of aryl methyl sites for hydroxylation is 1. The highest BCUT2D eigenvalue weighted by atomic mass is 32.2. The number of benzene rings is 2. The van der Waals surface area contributed by atoms with Crippen molar-refractivity contribution in [2.24, 2.45) is 0 Å². The third kappa shape index (κ3) is 11.1. The van der Waals surface area contributed by atoms with Gasteiger partial charge in [0.25, 0.3) is 0 Å². The minimum atomic E-state index is -3.18. The minimum Gasteiger partial charge on any atom is -0.426 e. The Kier molecular flexibility index (Phi) is 14.3. The molecule has 1 saturated carbocycles. The number of aliphatic hydroxyl groups excluding tert-OH is 2. The number of hydrogen-bond donors (Lipinski definition) is 3. The molecular weight excluding hydrogens is 542 g/mol. The summed E-state index contributed by atoms with van der Waals surface area (Å²) in [5.41, 5.74) is 2.30. The fourth-order valence-corrected chi connectivity index (χ4v) is 7.08. The summed E-state index contributed by atoms with van der Waals surface area (Å²) in [6, 6.07) is 12.4. The Morgan fingerprint density at radius 1 is 0.976 bits per heavy atom. The normalized spacial score (nSPS) is 14.8. The molecule has 0 spiro atoms. The number of carbonyl (C=O) groups excluding carboxylic acids is 1. The van der Waals surface area contributed by atoms with Crippen molar-refractivity contribution in [1.29, 1.82) is 0 Å². The molecule has 1 unspecified atom stereocenters. The lowest BCUT2D eigenvalue weighted by Gasteiger charge is -2.15. The maximum Gasteiger partial charge on any atom is 0.308 e. The van der Waals surface area contributed by atoms with E-state index >= 15 is 0 Å². The summed E-state index contributed by atoms with van der Waals surface area (Å²) >= 11 is 0. The summed E-state index contributed by atoms with van der Waals surface area (Å²) in [5.74, 6) is -0.143. The zero-order valence-electron chi connectivity index (χ0n) is 24.4. The molecule has 0 saturated heterocycles. The van der Waals surface area contributed by atoms with Gasteiger partial charge in [-0.3, -0.25) is 4.79 Å². The van der Waals surface area contributed by atoms with Crippen LogP contribution in [-0.4, -0.2) is 56.2 Å². The first-order valence-corrected chi connectivity index (χ1v) is 16.6. The second-order valence-corrected chi connectivity index (χ2v) is 13.1. The molecule has 0 heterocycles. The number of nitrogens with one attached hydrogen (secondary N) is 1. The van der Waals surface area contributed by atoms with E-state index in [-0.39, 0.29) is 11.9 Å². The zero-order valence-corrected chi connectivity index (χ0v) is 25.2. The Hall–Kier alpha value is -2.30. The average molecular weight is 590 g/mol. The van der Waals surface area contributed by atoms with Gasteiger partial charge in [-0.25, -0.2) is 8.42 Å². The number of sulfone groups is 1. The molecule has 1 aliphatic rings. The van der Waals surface area contributed by atoms with E-state index in [9.17, 15) is 23.4 Å². The van der Waals surface area contributed by atoms with Crippen molar-refractivity contribution >= 4 is 15.8 Å². The maximum atomic E-state index is 12.7. The van der Waals surface area contributed by atoms with Crippen molar-refractivity contribution in [1.82, 2.24) is 5.32 Å².